The number of carbonyl (C=O) groups is 3. The van der Waals surface area contributed by atoms with Gasteiger partial charge in [-0.1, -0.05) is 372 Å². The van der Waals surface area contributed by atoms with Crippen LogP contribution < -0.4 is 0 Å². The maximum absolute atomic E-state index is 13.0. The van der Waals surface area contributed by atoms with Crippen LogP contribution in [0.4, 0.5) is 0 Å². The van der Waals surface area contributed by atoms with E-state index in [0.717, 1.165) is 161 Å². The molecule has 5 unspecified atom stereocenters. The third kappa shape index (κ3) is 86.1. The number of ether oxygens (including phenoxy) is 3. The van der Waals surface area contributed by atoms with E-state index in [1.807, 2.05) is 0 Å². The van der Waals surface area contributed by atoms with Crippen molar-refractivity contribution >= 4 is 33.6 Å². The lowest BCUT2D eigenvalue weighted by Gasteiger charge is -2.21. The van der Waals surface area contributed by atoms with Crippen molar-refractivity contribution in [1.82, 2.24) is 0 Å². The third-order valence-electron chi connectivity index (χ3n) is 18.6. The molecule has 111 heavy (non-hydrogen) atoms. The smallest absolute Gasteiger partial charge is 0.463 e. The number of aliphatic hydroxyl groups is 2. The SMILES string of the molecule is CC/C=C\C/C=C\C/C=C\C/C=C\C/C=C\C/C=C\CCCCCCCCCCCCCCC(=O)OCC(O)COP(=O)(O)OCC(O)COP(=O)(O)OCC(COC(=O)CCCCCCCCCCCCCC/C=C\C/C=C\C/C=C\C/C=C\C/C=C\C/C=C\CC)OC(=O)CCCCCCCCCCCCCCC. The Kier molecular flexibility index (Phi) is 81.3. The minimum Gasteiger partial charge on any atom is -0.463 e. The molecule has 0 aliphatic carbocycles. The summed E-state index contributed by atoms with van der Waals surface area (Å²) < 4.78 is 61.3. The van der Waals surface area contributed by atoms with E-state index in [0.29, 0.717) is 19.3 Å². The molecule has 18 heteroatoms. The van der Waals surface area contributed by atoms with Crippen molar-refractivity contribution in [3.05, 3.63) is 146 Å². The lowest BCUT2D eigenvalue weighted by molar-refractivity contribution is -0.161. The Bertz CT molecular complexity index is 2600. The Balaban J connectivity index is 4.45. The minimum atomic E-state index is -4.93. The quantitative estimate of drug-likeness (QED) is 0.0146. The van der Waals surface area contributed by atoms with Gasteiger partial charge in [-0.3, -0.25) is 32.5 Å². The van der Waals surface area contributed by atoms with Gasteiger partial charge in [0.15, 0.2) is 6.10 Å². The van der Waals surface area contributed by atoms with Gasteiger partial charge in [0.2, 0.25) is 0 Å². The van der Waals surface area contributed by atoms with Crippen LogP contribution in [0.2, 0.25) is 0 Å². The van der Waals surface area contributed by atoms with Crippen molar-refractivity contribution in [3.8, 4) is 0 Å². The topological polar surface area (TPSA) is 231 Å². The van der Waals surface area contributed by atoms with Crippen LogP contribution in [0.3, 0.4) is 0 Å². The maximum atomic E-state index is 13.0. The standard InChI is InChI=1S/C93H160O16P2/c1-4-7-10-13-16-19-22-25-27-29-31-33-35-37-39-41-43-45-47-49-51-53-55-57-59-62-64-67-70-73-76-79-91(96)103-82-88(94)83-105-110(99,100)106-84-89(95)85-107-111(101,102)108-87-90(109-93(98)81-78-75-72-69-66-61-24-21-18-15-12-9-6-3)86-104-92(97)80-77-74-71-68-65-63-60-58-56-54-52-50-48-46-44-42-40-38-36-34-32-30-28-26-23-20-17-14-11-8-5-2/h7-8,10-11,16-17,19-20,25-28,31-34,37-40,43-46,88-90,94-95H,4-6,9,12-15,18,21-24,29-30,35-36,41-42,47-87H2,1-3H3,(H,99,100)(H,101,102)/b10-7-,11-8-,19-16-,20-17-,27-25-,28-26-,33-31-,34-32-,39-37-,40-38-,45-43-,46-44-. The Morgan fingerprint density at radius 3 is 0.757 bits per heavy atom. The highest BCUT2D eigenvalue weighted by Gasteiger charge is 2.29. The summed E-state index contributed by atoms with van der Waals surface area (Å²) in [4.78, 5) is 58.8. The van der Waals surface area contributed by atoms with E-state index in [9.17, 15) is 43.5 Å². The molecule has 0 amide bonds. The van der Waals surface area contributed by atoms with Crippen LogP contribution >= 0.6 is 15.6 Å². The summed E-state index contributed by atoms with van der Waals surface area (Å²) >= 11 is 0. The molecule has 0 bridgehead atoms. The fraction of sp³-hybridized carbons (Fsp3) is 0.710. The maximum Gasteiger partial charge on any atom is 0.472 e. The first kappa shape index (κ1) is 106. The molecule has 0 heterocycles. The molecule has 0 rings (SSSR count). The van der Waals surface area contributed by atoms with Gasteiger partial charge in [-0.2, -0.15) is 0 Å². The Morgan fingerprint density at radius 2 is 0.477 bits per heavy atom. The van der Waals surface area contributed by atoms with Gasteiger partial charge in [0.05, 0.1) is 26.4 Å². The molecule has 16 nitrogen and oxygen atoms in total. The highest BCUT2D eigenvalue weighted by molar-refractivity contribution is 7.47. The summed E-state index contributed by atoms with van der Waals surface area (Å²) in [6.07, 6.45) is 106. The summed E-state index contributed by atoms with van der Waals surface area (Å²) in [5.41, 5.74) is 0. The summed E-state index contributed by atoms with van der Waals surface area (Å²) in [6, 6.07) is 0. The summed E-state index contributed by atoms with van der Waals surface area (Å²) in [5, 5.41) is 20.7. The average Bonchev–Trinajstić information content (AvgIpc) is 0.928. The summed E-state index contributed by atoms with van der Waals surface area (Å²) in [7, 11) is -9.79. The monoisotopic (exact) mass is 1600 g/mol. The third-order valence-corrected chi connectivity index (χ3v) is 20.5. The zero-order valence-corrected chi connectivity index (χ0v) is 71.9. The molecule has 4 N–H and O–H groups in total. The van der Waals surface area contributed by atoms with Crippen molar-refractivity contribution in [2.45, 2.75) is 386 Å². The number of phosphoric ester groups is 2. The van der Waals surface area contributed by atoms with Crippen LogP contribution in [0, 0.1) is 0 Å². The van der Waals surface area contributed by atoms with Crippen molar-refractivity contribution in [3.63, 3.8) is 0 Å². The van der Waals surface area contributed by atoms with Crippen molar-refractivity contribution in [2.24, 2.45) is 0 Å². The van der Waals surface area contributed by atoms with Gasteiger partial charge in [-0.15, -0.1) is 0 Å². The molecule has 0 spiro atoms. The Morgan fingerprint density at radius 1 is 0.261 bits per heavy atom. The van der Waals surface area contributed by atoms with Crippen LogP contribution in [0.1, 0.15) is 367 Å². The molecular formula is C93H160O16P2. The fourth-order valence-corrected chi connectivity index (χ4v) is 13.5. The van der Waals surface area contributed by atoms with Crippen LogP contribution in [0.5, 0.6) is 0 Å². The second-order valence-electron chi connectivity index (χ2n) is 29.3. The molecular weight excluding hydrogens is 1430 g/mol. The fourth-order valence-electron chi connectivity index (χ4n) is 11.9. The summed E-state index contributed by atoms with van der Waals surface area (Å²) in [5.74, 6) is -1.57. The molecule has 0 aliphatic heterocycles. The van der Waals surface area contributed by atoms with E-state index < -0.39 is 91.5 Å². The van der Waals surface area contributed by atoms with E-state index in [2.05, 4.69) is 167 Å². The molecule has 638 valence electrons. The molecule has 0 radical (unpaired) electrons. The second-order valence-corrected chi connectivity index (χ2v) is 32.2. The van der Waals surface area contributed by atoms with Gasteiger partial charge in [0, 0.05) is 19.3 Å². The Labute approximate surface area is 677 Å². The largest absolute Gasteiger partial charge is 0.472 e. The first-order chi connectivity index (χ1) is 54.2. The van der Waals surface area contributed by atoms with Gasteiger partial charge in [-0.25, -0.2) is 9.13 Å². The average molecular weight is 1600 g/mol. The number of phosphoric acid groups is 2. The van der Waals surface area contributed by atoms with Crippen LogP contribution in [-0.4, -0.2) is 95.9 Å². The number of hydrogen-bond acceptors (Lipinski definition) is 14. The van der Waals surface area contributed by atoms with Gasteiger partial charge in [0.1, 0.15) is 25.4 Å². The summed E-state index contributed by atoms with van der Waals surface area (Å²) in [6.45, 7) is 2.49. The molecule has 0 aromatic carbocycles. The number of unbranched alkanes of at least 4 members (excludes halogenated alkanes) is 36. The molecule has 0 saturated heterocycles. The van der Waals surface area contributed by atoms with Gasteiger partial charge >= 0.3 is 33.6 Å². The van der Waals surface area contributed by atoms with E-state index in [1.54, 1.807) is 0 Å². The highest BCUT2D eigenvalue weighted by atomic mass is 31.2. The zero-order valence-electron chi connectivity index (χ0n) is 70.1. The van der Waals surface area contributed by atoms with E-state index >= 15 is 0 Å². The van der Waals surface area contributed by atoms with Crippen LogP contribution in [0.25, 0.3) is 0 Å². The van der Waals surface area contributed by atoms with Gasteiger partial charge in [0.25, 0.3) is 0 Å². The predicted octanol–water partition coefficient (Wildman–Crippen LogP) is 26.8. The van der Waals surface area contributed by atoms with Crippen LogP contribution in [-0.2, 0) is 55.8 Å². The number of hydrogen-bond donors (Lipinski definition) is 4. The number of esters is 3. The van der Waals surface area contributed by atoms with E-state index in [1.165, 1.54) is 148 Å². The molecule has 0 aromatic heterocycles. The number of allylic oxidation sites excluding steroid dienone is 24. The number of rotatable bonds is 83. The van der Waals surface area contributed by atoms with Crippen molar-refractivity contribution in [2.75, 3.05) is 39.6 Å². The lowest BCUT2D eigenvalue weighted by atomic mass is 10.0. The normalized spacial score (nSPS) is 14.5. The van der Waals surface area contributed by atoms with Gasteiger partial charge < -0.3 is 34.2 Å². The molecule has 0 aliphatic rings. The highest BCUT2D eigenvalue weighted by Crippen LogP contribution is 2.45. The minimum absolute atomic E-state index is 0.106. The van der Waals surface area contributed by atoms with Crippen molar-refractivity contribution in [1.29, 1.82) is 0 Å². The van der Waals surface area contributed by atoms with E-state index in [4.69, 9.17) is 32.3 Å². The number of aliphatic hydroxyl groups excluding tert-OH is 2. The molecule has 5 atom stereocenters. The lowest BCUT2D eigenvalue weighted by Crippen LogP contribution is -2.30. The Hall–Kier alpha value is -4.57. The first-order valence-electron chi connectivity index (χ1n) is 44.1. The molecule has 0 saturated carbocycles. The van der Waals surface area contributed by atoms with E-state index in [-0.39, 0.29) is 19.3 Å². The molecule has 0 aromatic rings. The van der Waals surface area contributed by atoms with Crippen LogP contribution in [0.15, 0.2) is 146 Å². The second kappa shape index (κ2) is 84.8. The zero-order chi connectivity index (χ0) is 80.8. The first-order valence-corrected chi connectivity index (χ1v) is 47.1. The predicted molar refractivity (Wildman–Crippen MR) is 463 cm³/mol. The molecule has 0 fully saturated rings. The van der Waals surface area contributed by atoms with Gasteiger partial charge in [-0.05, 0) is 122 Å². The van der Waals surface area contributed by atoms with Crippen molar-refractivity contribution < 1.29 is 75.8 Å². The number of carbonyl (C=O) groups excluding carboxylic acids is 3.